The fourth-order valence-electron chi connectivity index (χ4n) is 2.16. The van der Waals surface area contributed by atoms with Crippen LogP contribution in [-0.4, -0.2) is 30.5 Å². The van der Waals surface area contributed by atoms with Crippen molar-refractivity contribution in [3.63, 3.8) is 0 Å². The topological polar surface area (TPSA) is 39.1 Å². The lowest BCUT2D eigenvalue weighted by Gasteiger charge is -2.19. The van der Waals surface area contributed by atoms with Gasteiger partial charge in [0.25, 0.3) is 0 Å². The number of methoxy groups -OCH3 is 1. The molecule has 1 heterocycles. The Morgan fingerprint density at radius 1 is 1.50 bits per heavy atom. The van der Waals surface area contributed by atoms with E-state index in [1.165, 1.54) is 12.1 Å². The second kappa shape index (κ2) is 6.83. The third-order valence-electron chi connectivity index (χ3n) is 3.08. The highest BCUT2D eigenvalue weighted by atomic mass is 35.5. The number of ether oxygens (including phenoxy) is 1. The third-order valence-corrected chi connectivity index (χ3v) is 3.38. The zero-order valence-electron chi connectivity index (χ0n) is 11.4. The molecule has 6 heteroatoms. The molecule has 1 N–H and O–H groups in total. The molecule has 0 aliphatic heterocycles. The average Bonchev–Trinajstić information content (AvgIpc) is 2.79. The first-order valence-electron chi connectivity index (χ1n) is 6.30. The summed E-state index contributed by atoms with van der Waals surface area (Å²) in [4.78, 5) is 0. The van der Waals surface area contributed by atoms with Crippen LogP contribution in [0.5, 0.6) is 0 Å². The summed E-state index contributed by atoms with van der Waals surface area (Å²) in [7, 11) is 3.44. The van der Waals surface area contributed by atoms with Gasteiger partial charge in [-0.3, -0.25) is 4.68 Å². The van der Waals surface area contributed by atoms with Gasteiger partial charge in [0.05, 0.1) is 36.1 Å². The van der Waals surface area contributed by atoms with Gasteiger partial charge in [-0.15, -0.1) is 0 Å². The lowest BCUT2D eigenvalue weighted by atomic mass is 10.0. The summed E-state index contributed by atoms with van der Waals surface area (Å²) in [6.45, 7) is 1.12. The molecular formula is C14H17ClFN3O. The van der Waals surface area contributed by atoms with Crippen LogP contribution in [0.25, 0.3) is 0 Å². The fraction of sp³-hybridized carbons (Fsp3) is 0.357. The van der Waals surface area contributed by atoms with Gasteiger partial charge in [0.15, 0.2) is 0 Å². The van der Waals surface area contributed by atoms with Gasteiger partial charge >= 0.3 is 0 Å². The molecule has 0 saturated carbocycles. The number of aromatic nitrogens is 2. The van der Waals surface area contributed by atoms with E-state index in [1.807, 2.05) is 6.07 Å². The zero-order chi connectivity index (χ0) is 14.5. The first-order valence-corrected chi connectivity index (χ1v) is 6.68. The van der Waals surface area contributed by atoms with Crippen LogP contribution >= 0.6 is 11.6 Å². The van der Waals surface area contributed by atoms with E-state index in [1.54, 1.807) is 31.1 Å². The van der Waals surface area contributed by atoms with Crippen molar-refractivity contribution >= 4 is 11.6 Å². The van der Waals surface area contributed by atoms with Crippen LogP contribution in [0.2, 0.25) is 5.02 Å². The Morgan fingerprint density at radius 2 is 2.30 bits per heavy atom. The zero-order valence-corrected chi connectivity index (χ0v) is 12.2. The number of rotatable bonds is 6. The molecule has 0 fully saturated rings. The van der Waals surface area contributed by atoms with Gasteiger partial charge in [-0.1, -0.05) is 23.7 Å². The fourth-order valence-corrected chi connectivity index (χ4v) is 2.41. The molecule has 2 rings (SSSR count). The molecule has 1 aromatic carbocycles. The molecule has 2 aromatic rings. The molecule has 0 aliphatic carbocycles. The molecule has 4 nitrogen and oxygen atoms in total. The van der Waals surface area contributed by atoms with E-state index in [9.17, 15) is 4.39 Å². The third kappa shape index (κ3) is 3.17. The predicted octanol–water partition coefficient (Wildman–Crippen LogP) is 2.63. The predicted molar refractivity (Wildman–Crippen MR) is 76.4 cm³/mol. The Morgan fingerprint density at radius 3 is 2.95 bits per heavy atom. The molecule has 0 bridgehead atoms. The van der Waals surface area contributed by atoms with Crippen molar-refractivity contribution in [2.24, 2.45) is 0 Å². The van der Waals surface area contributed by atoms with E-state index in [0.29, 0.717) is 18.2 Å². The van der Waals surface area contributed by atoms with E-state index in [4.69, 9.17) is 16.3 Å². The van der Waals surface area contributed by atoms with Crippen molar-refractivity contribution in [2.75, 3.05) is 20.8 Å². The summed E-state index contributed by atoms with van der Waals surface area (Å²) in [5.41, 5.74) is 1.60. The SMILES string of the molecule is CNC(c1cccc(F)c1)c1c(Cl)cnn1CCOC. The number of hydrogen-bond acceptors (Lipinski definition) is 3. The molecular weight excluding hydrogens is 281 g/mol. The highest BCUT2D eigenvalue weighted by Gasteiger charge is 2.21. The molecule has 0 amide bonds. The normalized spacial score (nSPS) is 12.6. The lowest BCUT2D eigenvalue weighted by molar-refractivity contribution is 0.182. The molecule has 0 spiro atoms. The quantitative estimate of drug-likeness (QED) is 0.891. The van der Waals surface area contributed by atoms with Crippen molar-refractivity contribution in [3.05, 3.63) is 52.6 Å². The van der Waals surface area contributed by atoms with Gasteiger partial charge in [-0.05, 0) is 24.7 Å². The number of halogens is 2. The Kier molecular flexibility index (Phi) is 5.11. The van der Waals surface area contributed by atoms with E-state index in [-0.39, 0.29) is 11.9 Å². The van der Waals surface area contributed by atoms with Gasteiger partial charge in [0.2, 0.25) is 0 Å². The molecule has 0 aliphatic rings. The minimum atomic E-state index is -0.276. The summed E-state index contributed by atoms with van der Waals surface area (Å²) in [5, 5.41) is 7.94. The maximum absolute atomic E-state index is 13.4. The maximum atomic E-state index is 13.4. The molecule has 108 valence electrons. The van der Waals surface area contributed by atoms with Gasteiger partial charge in [-0.2, -0.15) is 5.10 Å². The minimum absolute atomic E-state index is 0.224. The van der Waals surface area contributed by atoms with E-state index in [0.717, 1.165) is 11.3 Å². The van der Waals surface area contributed by atoms with Crippen molar-refractivity contribution in [1.82, 2.24) is 15.1 Å². The smallest absolute Gasteiger partial charge is 0.123 e. The Labute approximate surface area is 122 Å². The highest BCUT2D eigenvalue weighted by Crippen LogP contribution is 2.28. The minimum Gasteiger partial charge on any atom is -0.383 e. The standard InChI is InChI=1S/C14H17ClFN3O/c1-17-13(10-4-3-5-11(16)8-10)14-12(15)9-18-19(14)6-7-20-2/h3-5,8-9,13,17H,6-7H2,1-2H3. The molecule has 0 saturated heterocycles. The van der Waals surface area contributed by atoms with Crippen LogP contribution in [0.3, 0.4) is 0 Å². The van der Waals surface area contributed by atoms with Crippen LogP contribution < -0.4 is 5.32 Å². The number of benzene rings is 1. The monoisotopic (exact) mass is 297 g/mol. The van der Waals surface area contributed by atoms with E-state index in [2.05, 4.69) is 10.4 Å². The molecule has 1 unspecified atom stereocenters. The molecule has 1 atom stereocenters. The van der Waals surface area contributed by atoms with Crippen molar-refractivity contribution in [3.8, 4) is 0 Å². The summed E-state index contributed by atoms with van der Waals surface area (Å²) in [6, 6.07) is 6.22. The van der Waals surface area contributed by atoms with Crippen LogP contribution in [-0.2, 0) is 11.3 Å². The van der Waals surface area contributed by atoms with Crippen LogP contribution in [0.15, 0.2) is 30.5 Å². The van der Waals surface area contributed by atoms with Gasteiger partial charge in [-0.25, -0.2) is 4.39 Å². The Hall–Kier alpha value is -1.43. The first kappa shape index (κ1) is 15.0. The summed E-state index contributed by atoms with van der Waals surface area (Å²) < 4.78 is 20.2. The van der Waals surface area contributed by atoms with Crippen molar-refractivity contribution in [2.45, 2.75) is 12.6 Å². The average molecular weight is 298 g/mol. The second-order valence-corrected chi connectivity index (χ2v) is 4.78. The highest BCUT2D eigenvalue weighted by molar-refractivity contribution is 6.31. The van der Waals surface area contributed by atoms with E-state index >= 15 is 0 Å². The van der Waals surface area contributed by atoms with Crippen LogP contribution in [0.4, 0.5) is 4.39 Å². The Balaban J connectivity index is 2.38. The van der Waals surface area contributed by atoms with Gasteiger partial charge in [0, 0.05) is 7.11 Å². The molecule has 20 heavy (non-hydrogen) atoms. The second-order valence-electron chi connectivity index (χ2n) is 4.37. The van der Waals surface area contributed by atoms with Crippen molar-refractivity contribution < 1.29 is 9.13 Å². The number of nitrogens with zero attached hydrogens (tertiary/aromatic N) is 2. The first-order chi connectivity index (χ1) is 9.67. The molecule has 0 radical (unpaired) electrons. The summed E-state index contributed by atoms with van der Waals surface area (Å²) in [5.74, 6) is -0.276. The summed E-state index contributed by atoms with van der Waals surface area (Å²) in [6.07, 6.45) is 1.59. The Bertz CT molecular complexity index is 573. The molecule has 1 aromatic heterocycles. The van der Waals surface area contributed by atoms with Crippen LogP contribution in [0, 0.1) is 5.82 Å². The lowest BCUT2D eigenvalue weighted by Crippen LogP contribution is -2.23. The largest absolute Gasteiger partial charge is 0.383 e. The van der Waals surface area contributed by atoms with E-state index < -0.39 is 0 Å². The summed E-state index contributed by atoms with van der Waals surface area (Å²) >= 11 is 6.23. The van der Waals surface area contributed by atoms with Crippen molar-refractivity contribution in [1.29, 1.82) is 0 Å². The van der Waals surface area contributed by atoms with Gasteiger partial charge in [0.1, 0.15) is 5.82 Å². The maximum Gasteiger partial charge on any atom is 0.123 e. The van der Waals surface area contributed by atoms with Crippen LogP contribution in [0.1, 0.15) is 17.3 Å². The van der Waals surface area contributed by atoms with Gasteiger partial charge < -0.3 is 10.1 Å². The number of nitrogens with one attached hydrogen (secondary N) is 1. The number of hydrogen-bond donors (Lipinski definition) is 1.